The number of hydrogen-bond acceptors (Lipinski definition) is 2. The highest BCUT2D eigenvalue weighted by atomic mass is 79.9. The van der Waals surface area contributed by atoms with Crippen LogP contribution in [0, 0.1) is 0 Å². The molecule has 0 aromatic carbocycles. The quantitative estimate of drug-likeness (QED) is 0.715. The maximum atomic E-state index is 11.4. The van der Waals surface area contributed by atoms with Crippen LogP contribution in [0.2, 0.25) is 0 Å². The largest absolute Gasteiger partial charge is 0.352 e. The van der Waals surface area contributed by atoms with Crippen molar-refractivity contribution in [1.82, 2.24) is 10.6 Å². The molecule has 0 aromatic heterocycles. The van der Waals surface area contributed by atoms with Gasteiger partial charge in [-0.25, -0.2) is 0 Å². The number of carbonyl (C=O) groups excluding carboxylic acids is 2. The molecule has 2 N–H and O–H groups in total. The van der Waals surface area contributed by atoms with Crippen molar-refractivity contribution in [3.8, 4) is 0 Å². The summed E-state index contributed by atoms with van der Waals surface area (Å²) in [7, 11) is 0. The minimum atomic E-state index is -0.188. The predicted octanol–water partition coefficient (Wildman–Crippen LogP) is 0.553. The van der Waals surface area contributed by atoms with Gasteiger partial charge in [-0.15, -0.1) is 0 Å². The zero-order valence-corrected chi connectivity index (χ0v) is 9.93. The number of halogens is 1. The second-order valence-electron chi connectivity index (χ2n) is 3.63. The monoisotopic (exact) mass is 262 g/mol. The Labute approximate surface area is 91.9 Å². The van der Waals surface area contributed by atoms with Crippen LogP contribution >= 0.6 is 15.9 Å². The molecule has 1 heterocycles. The Morgan fingerprint density at radius 3 is 2.86 bits per heavy atom. The van der Waals surface area contributed by atoms with Crippen molar-refractivity contribution in [2.45, 2.75) is 43.6 Å². The molecule has 5 heteroatoms. The molecule has 80 valence electrons. The summed E-state index contributed by atoms with van der Waals surface area (Å²) in [6.45, 7) is 3.68. The summed E-state index contributed by atoms with van der Waals surface area (Å²) >= 11 is 3.20. The van der Waals surface area contributed by atoms with E-state index in [0.717, 1.165) is 6.42 Å². The van der Waals surface area contributed by atoms with Crippen LogP contribution in [0.1, 0.15) is 26.7 Å². The van der Waals surface area contributed by atoms with Gasteiger partial charge >= 0.3 is 0 Å². The Kier molecular flexibility index (Phi) is 3.92. The van der Waals surface area contributed by atoms with E-state index >= 15 is 0 Å². The average Bonchev–Trinajstić information content (AvgIpc) is 2.09. The lowest BCUT2D eigenvalue weighted by Crippen LogP contribution is -2.54. The van der Waals surface area contributed by atoms with Gasteiger partial charge < -0.3 is 10.6 Å². The fraction of sp³-hybridized carbons (Fsp3) is 0.778. The second-order valence-corrected chi connectivity index (χ2v) is 5.00. The van der Waals surface area contributed by atoms with Crippen LogP contribution in [0.3, 0.4) is 0 Å². The number of piperidine rings is 1. The van der Waals surface area contributed by atoms with Gasteiger partial charge in [-0.05, 0) is 20.3 Å². The van der Waals surface area contributed by atoms with Crippen LogP contribution in [0.5, 0.6) is 0 Å². The molecular formula is C9H15BrN2O2. The van der Waals surface area contributed by atoms with Gasteiger partial charge in [0.15, 0.2) is 0 Å². The number of rotatable bonds is 2. The second kappa shape index (κ2) is 4.77. The Bertz CT molecular complexity index is 243. The van der Waals surface area contributed by atoms with Crippen molar-refractivity contribution in [2.75, 3.05) is 0 Å². The van der Waals surface area contributed by atoms with Crippen LogP contribution in [0.15, 0.2) is 0 Å². The normalized spacial score (nSPS) is 29.2. The molecular weight excluding hydrogens is 248 g/mol. The summed E-state index contributed by atoms with van der Waals surface area (Å²) in [5.74, 6) is 0.0351. The molecule has 0 spiro atoms. The first kappa shape index (κ1) is 11.5. The third-order valence-corrected chi connectivity index (χ3v) is 2.78. The van der Waals surface area contributed by atoms with Gasteiger partial charge in [0.2, 0.25) is 11.8 Å². The van der Waals surface area contributed by atoms with E-state index in [9.17, 15) is 9.59 Å². The van der Waals surface area contributed by atoms with E-state index < -0.39 is 0 Å². The van der Waals surface area contributed by atoms with E-state index in [2.05, 4.69) is 26.6 Å². The van der Waals surface area contributed by atoms with Crippen LogP contribution in [0.25, 0.3) is 0 Å². The van der Waals surface area contributed by atoms with Crippen molar-refractivity contribution in [3.63, 3.8) is 0 Å². The molecule has 1 fully saturated rings. The Hall–Kier alpha value is -0.580. The molecule has 0 bridgehead atoms. The van der Waals surface area contributed by atoms with Gasteiger partial charge in [0.1, 0.15) is 0 Å². The van der Waals surface area contributed by atoms with Crippen molar-refractivity contribution in [3.05, 3.63) is 0 Å². The van der Waals surface area contributed by atoms with Gasteiger partial charge in [0, 0.05) is 18.5 Å². The highest BCUT2D eigenvalue weighted by molar-refractivity contribution is 9.10. The maximum absolute atomic E-state index is 11.4. The average molecular weight is 263 g/mol. The fourth-order valence-electron chi connectivity index (χ4n) is 1.46. The van der Waals surface area contributed by atoms with Gasteiger partial charge in [0.25, 0.3) is 0 Å². The molecule has 2 amide bonds. The van der Waals surface area contributed by atoms with Gasteiger partial charge in [0.05, 0.1) is 4.83 Å². The van der Waals surface area contributed by atoms with Crippen molar-refractivity contribution in [1.29, 1.82) is 0 Å². The SMILES string of the molecule is CC(Br)C(=O)NC1CCC(=O)NC1C. The van der Waals surface area contributed by atoms with Crippen LogP contribution < -0.4 is 10.6 Å². The predicted molar refractivity (Wildman–Crippen MR) is 57.2 cm³/mol. The number of carbonyl (C=O) groups is 2. The Morgan fingerprint density at radius 2 is 2.36 bits per heavy atom. The topological polar surface area (TPSA) is 58.2 Å². The standard InChI is InChI=1S/C9H15BrN2O2/c1-5(10)9(14)12-7-3-4-8(13)11-6(7)2/h5-7H,3-4H2,1-2H3,(H,11,13)(H,12,14). The Morgan fingerprint density at radius 1 is 1.71 bits per heavy atom. The van der Waals surface area contributed by atoms with E-state index in [4.69, 9.17) is 0 Å². The summed E-state index contributed by atoms with van der Waals surface area (Å²) in [4.78, 5) is 22.2. The van der Waals surface area contributed by atoms with Gasteiger partial charge in [-0.2, -0.15) is 0 Å². The number of hydrogen-bond donors (Lipinski definition) is 2. The van der Waals surface area contributed by atoms with Gasteiger partial charge in [-0.3, -0.25) is 9.59 Å². The van der Waals surface area contributed by atoms with E-state index in [1.807, 2.05) is 6.92 Å². The molecule has 3 unspecified atom stereocenters. The lowest BCUT2D eigenvalue weighted by Gasteiger charge is -2.30. The smallest absolute Gasteiger partial charge is 0.233 e. The molecule has 1 aliphatic rings. The van der Waals surface area contributed by atoms with Crippen molar-refractivity contribution < 1.29 is 9.59 Å². The summed E-state index contributed by atoms with van der Waals surface area (Å²) in [5, 5.41) is 5.69. The minimum absolute atomic E-state index is 0.0199. The summed E-state index contributed by atoms with van der Waals surface area (Å²) in [6.07, 6.45) is 1.21. The zero-order valence-electron chi connectivity index (χ0n) is 8.34. The summed E-state index contributed by atoms with van der Waals surface area (Å²) < 4.78 is 0. The van der Waals surface area contributed by atoms with Crippen molar-refractivity contribution >= 4 is 27.7 Å². The summed E-state index contributed by atoms with van der Waals surface area (Å²) in [5.41, 5.74) is 0. The number of nitrogens with one attached hydrogen (secondary N) is 2. The zero-order chi connectivity index (χ0) is 10.7. The lowest BCUT2D eigenvalue weighted by atomic mass is 9.99. The first-order valence-electron chi connectivity index (χ1n) is 4.74. The Balaban J connectivity index is 2.45. The molecule has 4 nitrogen and oxygen atoms in total. The van der Waals surface area contributed by atoms with E-state index in [0.29, 0.717) is 6.42 Å². The molecule has 0 saturated carbocycles. The van der Waals surface area contributed by atoms with Gasteiger partial charge in [-0.1, -0.05) is 15.9 Å². The van der Waals surface area contributed by atoms with Crippen LogP contribution in [-0.4, -0.2) is 28.7 Å². The number of alkyl halides is 1. The summed E-state index contributed by atoms with van der Waals surface area (Å²) in [6, 6.07) is 0.0756. The third kappa shape index (κ3) is 2.97. The van der Waals surface area contributed by atoms with Crippen LogP contribution in [-0.2, 0) is 9.59 Å². The van der Waals surface area contributed by atoms with Crippen molar-refractivity contribution in [2.24, 2.45) is 0 Å². The lowest BCUT2D eigenvalue weighted by molar-refractivity contribution is -0.126. The minimum Gasteiger partial charge on any atom is -0.352 e. The van der Waals surface area contributed by atoms with E-state index in [-0.39, 0.29) is 28.7 Å². The number of amides is 2. The van der Waals surface area contributed by atoms with E-state index in [1.165, 1.54) is 0 Å². The molecule has 1 rings (SSSR count). The van der Waals surface area contributed by atoms with Crippen LogP contribution in [0.4, 0.5) is 0 Å². The highest BCUT2D eigenvalue weighted by Crippen LogP contribution is 2.10. The molecule has 0 radical (unpaired) electrons. The molecule has 0 aromatic rings. The fourth-order valence-corrected chi connectivity index (χ4v) is 1.59. The molecule has 14 heavy (non-hydrogen) atoms. The van der Waals surface area contributed by atoms with E-state index in [1.54, 1.807) is 6.92 Å². The first-order chi connectivity index (χ1) is 6.50. The molecule has 0 aliphatic carbocycles. The maximum Gasteiger partial charge on any atom is 0.233 e. The molecule has 1 saturated heterocycles. The highest BCUT2D eigenvalue weighted by Gasteiger charge is 2.26. The first-order valence-corrected chi connectivity index (χ1v) is 5.66. The molecule has 3 atom stereocenters. The third-order valence-electron chi connectivity index (χ3n) is 2.36. The molecule has 1 aliphatic heterocycles.